The Kier molecular flexibility index (Phi) is 5.42. The van der Waals surface area contributed by atoms with Gasteiger partial charge < -0.3 is 9.55 Å². The van der Waals surface area contributed by atoms with Crippen LogP contribution in [-0.2, 0) is 0 Å². The fraction of sp³-hybridized carbons (Fsp3) is 0.455. The summed E-state index contributed by atoms with van der Waals surface area (Å²) in [6, 6.07) is 10.5. The van der Waals surface area contributed by atoms with Crippen molar-refractivity contribution < 1.29 is 0 Å². The van der Waals surface area contributed by atoms with Crippen LogP contribution in [0.2, 0.25) is 16.6 Å². The van der Waals surface area contributed by atoms with Gasteiger partial charge in [0, 0.05) is 11.1 Å². The maximum atomic E-state index is 5.02. The molecule has 0 aliphatic carbocycles. The molecule has 0 unspecified atom stereocenters. The average molecular weight is 381 g/mol. The van der Waals surface area contributed by atoms with Crippen molar-refractivity contribution in [2.24, 2.45) is 0 Å². The molecule has 0 saturated heterocycles. The average Bonchev–Trinajstić information content (AvgIpc) is 3.00. The molecule has 3 heterocycles. The molecule has 144 valence electrons. The quantitative estimate of drug-likeness (QED) is 0.496. The third-order valence-electron chi connectivity index (χ3n) is 5.91. The third kappa shape index (κ3) is 3.40. The molecular formula is C22H32N4Si. The Balaban J connectivity index is 2.10. The molecule has 0 bridgehead atoms. The number of anilines is 2. The minimum Gasteiger partial charge on any atom is -0.358 e. The SMILES string of the molecule is Cc1ccc(Nc2ccc3ccn([Si](C(C)C)(C(C)C)C(C)C)c3n2)cn1. The zero-order valence-corrected chi connectivity index (χ0v) is 18.6. The van der Waals surface area contributed by atoms with Crippen molar-refractivity contribution in [1.29, 1.82) is 0 Å². The molecule has 0 atom stereocenters. The van der Waals surface area contributed by atoms with Gasteiger partial charge in [-0.05, 0) is 60.1 Å². The second-order valence-electron chi connectivity index (χ2n) is 8.46. The van der Waals surface area contributed by atoms with E-state index in [1.807, 2.05) is 25.3 Å². The molecule has 3 rings (SSSR count). The smallest absolute Gasteiger partial charge is 0.171 e. The van der Waals surface area contributed by atoms with Crippen LogP contribution in [0.15, 0.2) is 42.7 Å². The summed E-state index contributed by atoms with van der Waals surface area (Å²) in [5.41, 5.74) is 4.97. The first-order chi connectivity index (χ1) is 12.8. The van der Waals surface area contributed by atoms with E-state index in [-0.39, 0.29) is 0 Å². The molecule has 0 aliphatic rings. The van der Waals surface area contributed by atoms with Crippen LogP contribution in [0.25, 0.3) is 11.0 Å². The predicted molar refractivity (Wildman–Crippen MR) is 118 cm³/mol. The van der Waals surface area contributed by atoms with Crippen LogP contribution in [0.5, 0.6) is 0 Å². The van der Waals surface area contributed by atoms with Crippen molar-refractivity contribution >= 4 is 30.8 Å². The highest BCUT2D eigenvalue weighted by Crippen LogP contribution is 2.44. The number of nitrogens with zero attached hydrogens (tertiary/aromatic N) is 3. The minimum absolute atomic E-state index is 0.632. The Morgan fingerprint density at radius 1 is 0.889 bits per heavy atom. The first-order valence-electron chi connectivity index (χ1n) is 9.95. The van der Waals surface area contributed by atoms with Crippen molar-refractivity contribution in [1.82, 2.24) is 14.2 Å². The molecule has 0 spiro atoms. The molecule has 1 N–H and O–H groups in total. The minimum atomic E-state index is -1.82. The van der Waals surface area contributed by atoms with Gasteiger partial charge in [0.2, 0.25) is 0 Å². The summed E-state index contributed by atoms with van der Waals surface area (Å²) in [6.45, 7) is 16.3. The first-order valence-corrected chi connectivity index (χ1v) is 12.1. The number of nitrogens with one attached hydrogen (secondary N) is 1. The number of aryl methyl sites for hydroxylation is 1. The van der Waals surface area contributed by atoms with Crippen LogP contribution in [0.1, 0.15) is 47.2 Å². The highest BCUT2D eigenvalue weighted by Gasteiger charge is 2.45. The van der Waals surface area contributed by atoms with Crippen molar-refractivity contribution in [3.63, 3.8) is 0 Å². The van der Waals surface area contributed by atoms with Gasteiger partial charge in [0.1, 0.15) is 11.5 Å². The summed E-state index contributed by atoms with van der Waals surface area (Å²) in [5, 5.41) is 4.62. The third-order valence-corrected chi connectivity index (χ3v) is 12.7. The van der Waals surface area contributed by atoms with E-state index in [0.717, 1.165) is 22.8 Å². The van der Waals surface area contributed by atoms with E-state index in [0.29, 0.717) is 16.6 Å². The van der Waals surface area contributed by atoms with Gasteiger partial charge in [0.25, 0.3) is 0 Å². The van der Waals surface area contributed by atoms with Gasteiger partial charge in [0.15, 0.2) is 8.24 Å². The topological polar surface area (TPSA) is 42.7 Å². The lowest BCUT2D eigenvalue weighted by Crippen LogP contribution is -2.51. The lowest BCUT2D eigenvalue weighted by Gasteiger charge is -2.44. The van der Waals surface area contributed by atoms with E-state index >= 15 is 0 Å². The van der Waals surface area contributed by atoms with E-state index in [1.54, 1.807) is 0 Å². The zero-order valence-electron chi connectivity index (χ0n) is 17.6. The molecule has 0 amide bonds. The first kappa shape index (κ1) is 19.6. The largest absolute Gasteiger partial charge is 0.358 e. The fourth-order valence-corrected chi connectivity index (χ4v) is 11.5. The van der Waals surface area contributed by atoms with Crippen LogP contribution in [0, 0.1) is 6.92 Å². The van der Waals surface area contributed by atoms with E-state index in [9.17, 15) is 0 Å². The highest BCUT2D eigenvalue weighted by molar-refractivity contribution is 6.82. The summed E-state index contributed by atoms with van der Waals surface area (Å²) in [7, 11) is -1.82. The van der Waals surface area contributed by atoms with Crippen LogP contribution >= 0.6 is 0 Å². The second-order valence-corrected chi connectivity index (χ2v) is 14.2. The molecule has 0 aliphatic heterocycles. The molecule has 0 saturated carbocycles. The Bertz CT molecular complexity index is 888. The number of fused-ring (bicyclic) bond motifs is 1. The number of hydrogen-bond acceptors (Lipinski definition) is 3. The molecule has 0 fully saturated rings. The van der Waals surface area contributed by atoms with Crippen LogP contribution in [0.4, 0.5) is 11.5 Å². The van der Waals surface area contributed by atoms with Crippen LogP contribution in [-0.4, -0.2) is 22.4 Å². The zero-order chi connectivity index (χ0) is 19.8. The number of aromatic nitrogens is 3. The van der Waals surface area contributed by atoms with Crippen molar-refractivity contribution in [2.75, 3.05) is 5.32 Å². The van der Waals surface area contributed by atoms with Gasteiger partial charge in [-0.3, -0.25) is 4.98 Å². The molecule has 3 aromatic rings. The van der Waals surface area contributed by atoms with Crippen molar-refractivity contribution in [2.45, 2.75) is 65.1 Å². The lowest BCUT2D eigenvalue weighted by molar-refractivity contribution is 0.770. The lowest BCUT2D eigenvalue weighted by atomic mass is 10.3. The van der Waals surface area contributed by atoms with Gasteiger partial charge in [-0.25, -0.2) is 4.98 Å². The standard InChI is InChI=1S/C22H32N4Si/c1-15(2)27(16(3)4,17(5)6)26-13-12-19-9-11-21(25-22(19)26)24-20-10-8-18(7)23-14-20/h8-17H,1-7H3,(H,24,25). The predicted octanol–water partition coefficient (Wildman–Crippen LogP) is 6.51. The summed E-state index contributed by atoms with van der Waals surface area (Å²) in [4.78, 5) is 9.39. The second kappa shape index (κ2) is 7.47. The van der Waals surface area contributed by atoms with Gasteiger partial charge in [-0.2, -0.15) is 0 Å². The molecule has 0 aromatic carbocycles. The van der Waals surface area contributed by atoms with Crippen molar-refractivity contribution in [3.8, 4) is 0 Å². The van der Waals surface area contributed by atoms with E-state index in [4.69, 9.17) is 4.98 Å². The van der Waals surface area contributed by atoms with Crippen molar-refractivity contribution in [3.05, 3.63) is 48.4 Å². The maximum absolute atomic E-state index is 5.02. The van der Waals surface area contributed by atoms with Gasteiger partial charge in [0.05, 0.1) is 11.9 Å². The van der Waals surface area contributed by atoms with Crippen LogP contribution < -0.4 is 5.32 Å². The van der Waals surface area contributed by atoms with Gasteiger partial charge >= 0.3 is 0 Å². The summed E-state index contributed by atoms with van der Waals surface area (Å²) < 4.78 is 2.56. The normalized spacial score (nSPS) is 12.5. The molecule has 3 aromatic heterocycles. The van der Waals surface area contributed by atoms with E-state index < -0.39 is 8.24 Å². The summed E-state index contributed by atoms with van der Waals surface area (Å²) in [6.07, 6.45) is 4.14. The molecular weight excluding hydrogens is 348 g/mol. The molecule has 5 heteroatoms. The molecule has 27 heavy (non-hydrogen) atoms. The molecule has 0 radical (unpaired) electrons. The Morgan fingerprint density at radius 3 is 2.11 bits per heavy atom. The Hall–Kier alpha value is -2.14. The van der Waals surface area contributed by atoms with Gasteiger partial charge in [-0.15, -0.1) is 0 Å². The number of rotatable bonds is 6. The number of hydrogen-bond donors (Lipinski definition) is 1. The Morgan fingerprint density at radius 2 is 1.56 bits per heavy atom. The van der Waals surface area contributed by atoms with E-state index in [2.05, 4.69) is 80.5 Å². The fourth-order valence-electron chi connectivity index (χ4n) is 4.91. The Labute approximate surface area is 164 Å². The monoisotopic (exact) mass is 380 g/mol. The summed E-state index contributed by atoms with van der Waals surface area (Å²) in [5.74, 6) is 0.868. The summed E-state index contributed by atoms with van der Waals surface area (Å²) >= 11 is 0. The van der Waals surface area contributed by atoms with E-state index in [1.165, 1.54) is 5.39 Å². The highest BCUT2D eigenvalue weighted by atomic mass is 28.3. The maximum Gasteiger partial charge on any atom is 0.171 e. The van der Waals surface area contributed by atoms with Crippen LogP contribution in [0.3, 0.4) is 0 Å². The van der Waals surface area contributed by atoms with Gasteiger partial charge in [-0.1, -0.05) is 41.5 Å². The molecule has 4 nitrogen and oxygen atoms in total. The number of pyridine rings is 2.